The predicted molar refractivity (Wildman–Crippen MR) is 70.5 cm³/mol. The van der Waals surface area contributed by atoms with Crippen LogP contribution in [-0.4, -0.2) is 26.9 Å². The molecule has 0 aliphatic carbocycles. The van der Waals surface area contributed by atoms with Crippen LogP contribution in [0.4, 0.5) is 0 Å². The normalized spacial score (nSPS) is 12.4. The molecule has 0 bridgehead atoms. The number of nitrogens with one attached hydrogen (secondary N) is 1. The van der Waals surface area contributed by atoms with E-state index in [9.17, 15) is 0 Å². The Morgan fingerprint density at radius 2 is 2.00 bits per heavy atom. The van der Waals surface area contributed by atoms with E-state index in [0.717, 1.165) is 25.4 Å². The van der Waals surface area contributed by atoms with E-state index in [1.807, 2.05) is 32.2 Å². The monoisotopic (exact) mass is 237 g/mol. The van der Waals surface area contributed by atoms with Gasteiger partial charge < -0.3 is 14.8 Å². The number of rotatable bonds is 8. The Morgan fingerprint density at radius 1 is 1.24 bits per heavy atom. The molecule has 3 heteroatoms. The first-order chi connectivity index (χ1) is 8.29. The van der Waals surface area contributed by atoms with Crippen molar-refractivity contribution in [3.8, 4) is 5.75 Å². The third kappa shape index (κ3) is 4.75. The van der Waals surface area contributed by atoms with Crippen LogP contribution in [0.2, 0.25) is 0 Å². The van der Waals surface area contributed by atoms with Crippen molar-refractivity contribution in [3.05, 3.63) is 29.8 Å². The van der Waals surface area contributed by atoms with Crippen molar-refractivity contribution >= 4 is 0 Å². The van der Waals surface area contributed by atoms with Gasteiger partial charge in [0.15, 0.2) is 0 Å². The van der Waals surface area contributed by atoms with Crippen LogP contribution in [0, 0.1) is 0 Å². The Labute approximate surface area is 104 Å². The topological polar surface area (TPSA) is 30.5 Å². The second-order valence-electron chi connectivity index (χ2n) is 3.95. The Kier molecular flexibility index (Phi) is 6.67. The highest BCUT2D eigenvalue weighted by atomic mass is 16.5. The summed E-state index contributed by atoms with van der Waals surface area (Å²) >= 11 is 0. The summed E-state index contributed by atoms with van der Waals surface area (Å²) in [6.07, 6.45) is 0.927. The molecule has 0 amide bonds. The molecule has 0 saturated carbocycles. The zero-order valence-electron chi connectivity index (χ0n) is 11.0. The molecule has 0 aromatic heterocycles. The fourth-order valence-corrected chi connectivity index (χ4v) is 1.61. The predicted octanol–water partition coefficient (Wildman–Crippen LogP) is 2.77. The minimum absolute atomic E-state index is 0.304. The Morgan fingerprint density at radius 3 is 2.71 bits per heavy atom. The highest BCUT2D eigenvalue weighted by molar-refractivity contribution is 5.35. The summed E-state index contributed by atoms with van der Waals surface area (Å²) in [4.78, 5) is 0. The van der Waals surface area contributed by atoms with Gasteiger partial charge in [-0.25, -0.2) is 0 Å². The zero-order chi connectivity index (χ0) is 12.5. The molecule has 1 aromatic carbocycles. The van der Waals surface area contributed by atoms with E-state index >= 15 is 0 Å². The average Bonchev–Trinajstić information content (AvgIpc) is 2.38. The lowest BCUT2D eigenvalue weighted by Gasteiger charge is -2.16. The molecular weight excluding hydrogens is 214 g/mol. The first kappa shape index (κ1) is 14.0. The summed E-state index contributed by atoms with van der Waals surface area (Å²) in [7, 11) is 1.95. The van der Waals surface area contributed by atoms with Gasteiger partial charge >= 0.3 is 0 Å². The molecule has 0 spiro atoms. The molecule has 0 heterocycles. The molecule has 0 radical (unpaired) electrons. The van der Waals surface area contributed by atoms with Crippen LogP contribution in [0.25, 0.3) is 0 Å². The molecule has 17 heavy (non-hydrogen) atoms. The minimum atomic E-state index is 0.304. The SMILES string of the molecule is CCOCCCOc1ccccc1C(C)NC. The highest BCUT2D eigenvalue weighted by Gasteiger charge is 2.08. The van der Waals surface area contributed by atoms with Gasteiger partial charge in [-0.15, -0.1) is 0 Å². The number of hydrogen-bond acceptors (Lipinski definition) is 3. The molecule has 1 N–H and O–H groups in total. The molecule has 96 valence electrons. The van der Waals surface area contributed by atoms with Crippen LogP contribution in [0.1, 0.15) is 31.9 Å². The van der Waals surface area contributed by atoms with Crippen molar-refractivity contribution in [1.82, 2.24) is 5.32 Å². The fourth-order valence-electron chi connectivity index (χ4n) is 1.61. The maximum Gasteiger partial charge on any atom is 0.124 e. The highest BCUT2D eigenvalue weighted by Crippen LogP contribution is 2.24. The van der Waals surface area contributed by atoms with E-state index in [-0.39, 0.29) is 0 Å². The standard InChI is InChI=1S/C14H23NO2/c1-4-16-10-7-11-17-14-9-6-5-8-13(14)12(2)15-3/h5-6,8-9,12,15H,4,7,10-11H2,1-3H3. The van der Waals surface area contributed by atoms with Gasteiger partial charge in [0, 0.05) is 31.2 Å². The Balaban J connectivity index is 2.46. The van der Waals surface area contributed by atoms with Gasteiger partial charge in [-0.1, -0.05) is 18.2 Å². The van der Waals surface area contributed by atoms with Gasteiger partial charge in [-0.05, 0) is 27.0 Å². The van der Waals surface area contributed by atoms with E-state index in [1.165, 1.54) is 5.56 Å². The minimum Gasteiger partial charge on any atom is -0.493 e. The molecule has 3 nitrogen and oxygen atoms in total. The second kappa shape index (κ2) is 8.09. The Bertz CT molecular complexity index is 315. The van der Waals surface area contributed by atoms with Crippen molar-refractivity contribution in [1.29, 1.82) is 0 Å². The summed E-state index contributed by atoms with van der Waals surface area (Å²) in [6.45, 7) is 6.37. The van der Waals surface area contributed by atoms with Gasteiger partial charge in [0.05, 0.1) is 6.61 Å². The molecule has 0 saturated heterocycles. The van der Waals surface area contributed by atoms with Crippen LogP contribution in [0.3, 0.4) is 0 Å². The maximum absolute atomic E-state index is 5.79. The molecular formula is C14H23NO2. The van der Waals surface area contributed by atoms with E-state index in [0.29, 0.717) is 12.6 Å². The van der Waals surface area contributed by atoms with E-state index in [1.54, 1.807) is 0 Å². The Hall–Kier alpha value is -1.06. The average molecular weight is 237 g/mol. The molecule has 1 unspecified atom stereocenters. The fraction of sp³-hybridized carbons (Fsp3) is 0.571. The van der Waals surface area contributed by atoms with Crippen LogP contribution in [-0.2, 0) is 4.74 Å². The second-order valence-corrected chi connectivity index (χ2v) is 3.95. The van der Waals surface area contributed by atoms with Crippen molar-refractivity contribution in [3.63, 3.8) is 0 Å². The zero-order valence-corrected chi connectivity index (χ0v) is 11.0. The van der Waals surface area contributed by atoms with Crippen LogP contribution < -0.4 is 10.1 Å². The number of benzene rings is 1. The van der Waals surface area contributed by atoms with Crippen LogP contribution in [0.5, 0.6) is 5.75 Å². The van der Waals surface area contributed by atoms with Crippen molar-refractivity contribution in [2.45, 2.75) is 26.3 Å². The molecule has 0 aliphatic heterocycles. The lowest BCUT2D eigenvalue weighted by atomic mass is 10.1. The van der Waals surface area contributed by atoms with E-state index < -0.39 is 0 Å². The lowest BCUT2D eigenvalue weighted by molar-refractivity contribution is 0.130. The van der Waals surface area contributed by atoms with E-state index in [2.05, 4.69) is 18.3 Å². The van der Waals surface area contributed by atoms with Crippen LogP contribution in [0.15, 0.2) is 24.3 Å². The smallest absolute Gasteiger partial charge is 0.124 e. The van der Waals surface area contributed by atoms with Gasteiger partial charge in [0.25, 0.3) is 0 Å². The molecule has 0 fully saturated rings. The summed E-state index contributed by atoms with van der Waals surface area (Å²) in [5, 5.41) is 3.23. The lowest BCUT2D eigenvalue weighted by Crippen LogP contribution is -2.14. The quantitative estimate of drug-likeness (QED) is 0.705. The summed E-state index contributed by atoms with van der Waals surface area (Å²) in [5.41, 5.74) is 1.20. The largest absolute Gasteiger partial charge is 0.493 e. The number of hydrogen-bond donors (Lipinski definition) is 1. The van der Waals surface area contributed by atoms with Crippen molar-refractivity contribution in [2.75, 3.05) is 26.9 Å². The molecule has 0 aliphatic rings. The van der Waals surface area contributed by atoms with Gasteiger partial charge in [0.2, 0.25) is 0 Å². The molecule has 1 aromatic rings. The molecule has 1 rings (SSSR count). The van der Waals surface area contributed by atoms with Crippen molar-refractivity contribution in [2.24, 2.45) is 0 Å². The molecule has 1 atom stereocenters. The summed E-state index contributed by atoms with van der Waals surface area (Å²) < 4.78 is 11.1. The van der Waals surface area contributed by atoms with E-state index in [4.69, 9.17) is 9.47 Å². The summed E-state index contributed by atoms with van der Waals surface area (Å²) in [5.74, 6) is 0.964. The number of para-hydroxylation sites is 1. The third-order valence-corrected chi connectivity index (χ3v) is 2.71. The third-order valence-electron chi connectivity index (χ3n) is 2.71. The first-order valence-electron chi connectivity index (χ1n) is 6.26. The maximum atomic E-state index is 5.79. The first-order valence-corrected chi connectivity index (χ1v) is 6.26. The van der Waals surface area contributed by atoms with Gasteiger partial charge in [-0.3, -0.25) is 0 Å². The van der Waals surface area contributed by atoms with Gasteiger partial charge in [-0.2, -0.15) is 0 Å². The van der Waals surface area contributed by atoms with Gasteiger partial charge in [0.1, 0.15) is 5.75 Å². The van der Waals surface area contributed by atoms with Crippen LogP contribution >= 0.6 is 0 Å². The number of ether oxygens (including phenoxy) is 2. The summed E-state index contributed by atoms with van der Waals surface area (Å²) in [6, 6.07) is 8.46. The van der Waals surface area contributed by atoms with Crippen molar-refractivity contribution < 1.29 is 9.47 Å².